The van der Waals surface area contributed by atoms with Gasteiger partial charge in [0.15, 0.2) is 0 Å². The number of para-hydroxylation sites is 1. The molecular weight excluding hydrogens is 203 g/mol. The summed E-state index contributed by atoms with van der Waals surface area (Å²) in [7, 11) is 0. The van der Waals surface area contributed by atoms with Gasteiger partial charge in [-0.2, -0.15) is 0 Å². The van der Waals surface area contributed by atoms with Crippen LogP contribution in [0.15, 0.2) is 30.9 Å². The number of hydrogen-bond donors (Lipinski definition) is 1. The number of nitrogens with zero attached hydrogens (tertiary/aromatic N) is 1. The van der Waals surface area contributed by atoms with Crippen molar-refractivity contribution in [3.8, 4) is 0 Å². The Kier molecular flexibility index (Phi) is 4.50. The lowest BCUT2D eigenvalue weighted by Gasteiger charge is -2.25. The maximum Gasteiger partial charge on any atom is 0.146 e. The third-order valence-electron chi connectivity index (χ3n) is 2.61. The molecule has 0 radical (unpaired) electrons. The van der Waals surface area contributed by atoms with Crippen LogP contribution in [0.2, 0.25) is 0 Å². The molecule has 0 saturated carbocycles. The topological polar surface area (TPSA) is 29.3 Å². The van der Waals surface area contributed by atoms with Crippen LogP contribution in [0.3, 0.4) is 0 Å². The number of benzene rings is 1. The minimum Gasteiger partial charge on any atom is -0.396 e. The number of nitrogens with two attached hydrogens (primary N) is 1. The second kappa shape index (κ2) is 5.66. The molecule has 0 aliphatic heterocycles. The molecule has 0 bridgehead atoms. The standard InChI is InChI=1S/C13H19FN2/c1-4-8-16(10(2)3)9-11-6-5-7-12(14)13(11)15/h4-7,10H,1,8-9,15H2,2-3H3. The number of halogens is 1. The minimum absolute atomic E-state index is 0.247. The van der Waals surface area contributed by atoms with Crippen LogP contribution in [0.4, 0.5) is 10.1 Å². The smallest absolute Gasteiger partial charge is 0.146 e. The molecule has 3 heteroatoms. The van der Waals surface area contributed by atoms with Gasteiger partial charge in [-0.3, -0.25) is 4.90 Å². The molecule has 1 aromatic rings. The van der Waals surface area contributed by atoms with E-state index >= 15 is 0 Å². The highest BCUT2D eigenvalue weighted by Gasteiger charge is 2.11. The lowest BCUT2D eigenvalue weighted by atomic mass is 10.1. The summed E-state index contributed by atoms with van der Waals surface area (Å²) in [6.07, 6.45) is 1.84. The van der Waals surface area contributed by atoms with Crippen LogP contribution in [0.1, 0.15) is 19.4 Å². The maximum absolute atomic E-state index is 13.3. The molecule has 0 aliphatic rings. The molecule has 0 fully saturated rings. The highest BCUT2D eigenvalue weighted by atomic mass is 19.1. The van der Waals surface area contributed by atoms with Gasteiger partial charge in [-0.25, -0.2) is 4.39 Å². The maximum atomic E-state index is 13.3. The Morgan fingerprint density at radius 3 is 2.75 bits per heavy atom. The first-order valence-electron chi connectivity index (χ1n) is 5.44. The Hall–Kier alpha value is -1.35. The molecule has 0 unspecified atom stereocenters. The van der Waals surface area contributed by atoms with Gasteiger partial charge in [0.05, 0.1) is 5.69 Å². The molecule has 0 aliphatic carbocycles. The van der Waals surface area contributed by atoms with E-state index in [1.807, 2.05) is 12.1 Å². The number of nitrogen functional groups attached to an aromatic ring is 1. The monoisotopic (exact) mass is 222 g/mol. The van der Waals surface area contributed by atoms with Crippen LogP contribution in [0, 0.1) is 5.82 Å². The Morgan fingerprint density at radius 1 is 1.50 bits per heavy atom. The van der Waals surface area contributed by atoms with E-state index in [1.54, 1.807) is 6.07 Å². The van der Waals surface area contributed by atoms with E-state index in [4.69, 9.17) is 5.73 Å². The SMILES string of the molecule is C=CCN(Cc1cccc(F)c1N)C(C)C. The highest BCUT2D eigenvalue weighted by molar-refractivity contribution is 5.47. The Balaban J connectivity index is 2.84. The number of rotatable bonds is 5. The molecule has 2 nitrogen and oxygen atoms in total. The zero-order valence-electron chi connectivity index (χ0n) is 9.91. The summed E-state index contributed by atoms with van der Waals surface area (Å²) in [6, 6.07) is 5.30. The summed E-state index contributed by atoms with van der Waals surface area (Å²) >= 11 is 0. The lowest BCUT2D eigenvalue weighted by Crippen LogP contribution is -2.30. The summed E-state index contributed by atoms with van der Waals surface area (Å²) in [4.78, 5) is 2.18. The summed E-state index contributed by atoms with van der Waals surface area (Å²) in [5.74, 6) is -0.347. The van der Waals surface area contributed by atoms with E-state index in [1.165, 1.54) is 6.07 Å². The van der Waals surface area contributed by atoms with Crippen molar-refractivity contribution in [3.63, 3.8) is 0 Å². The summed E-state index contributed by atoms with van der Waals surface area (Å²) < 4.78 is 13.3. The van der Waals surface area contributed by atoms with Gasteiger partial charge >= 0.3 is 0 Å². The predicted octanol–water partition coefficient (Wildman–Crippen LogP) is 2.80. The molecule has 0 saturated heterocycles. The predicted molar refractivity (Wildman–Crippen MR) is 66.6 cm³/mol. The fourth-order valence-electron chi connectivity index (χ4n) is 1.56. The van der Waals surface area contributed by atoms with Gasteiger partial charge in [0.25, 0.3) is 0 Å². The molecule has 0 amide bonds. The Labute approximate surface area is 96.6 Å². The van der Waals surface area contributed by atoms with Crippen molar-refractivity contribution in [2.75, 3.05) is 12.3 Å². The van der Waals surface area contributed by atoms with Gasteiger partial charge < -0.3 is 5.73 Å². The Bertz CT molecular complexity index is 361. The molecule has 88 valence electrons. The largest absolute Gasteiger partial charge is 0.396 e. The van der Waals surface area contributed by atoms with Crippen LogP contribution in [-0.2, 0) is 6.54 Å². The molecule has 0 aromatic heterocycles. The van der Waals surface area contributed by atoms with E-state index < -0.39 is 0 Å². The van der Waals surface area contributed by atoms with Gasteiger partial charge in [-0.1, -0.05) is 18.2 Å². The van der Waals surface area contributed by atoms with Crippen molar-refractivity contribution in [2.45, 2.75) is 26.4 Å². The van der Waals surface area contributed by atoms with E-state index in [9.17, 15) is 4.39 Å². The third-order valence-corrected chi connectivity index (χ3v) is 2.61. The van der Waals surface area contributed by atoms with Crippen molar-refractivity contribution in [1.29, 1.82) is 0 Å². The second-order valence-electron chi connectivity index (χ2n) is 4.12. The van der Waals surface area contributed by atoms with Crippen LogP contribution in [0.25, 0.3) is 0 Å². The summed E-state index contributed by atoms with van der Waals surface area (Å²) in [5.41, 5.74) is 6.78. The molecule has 1 aromatic carbocycles. The average Bonchev–Trinajstić information content (AvgIpc) is 2.23. The van der Waals surface area contributed by atoms with Crippen LogP contribution < -0.4 is 5.73 Å². The summed E-state index contributed by atoms with van der Waals surface area (Å²) in [5, 5.41) is 0. The van der Waals surface area contributed by atoms with E-state index in [0.717, 1.165) is 12.1 Å². The third kappa shape index (κ3) is 3.07. The molecule has 2 N–H and O–H groups in total. The first-order valence-corrected chi connectivity index (χ1v) is 5.44. The van der Waals surface area contributed by atoms with Gasteiger partial charge in [0, 0.05) is 19.1 Å². The number of anilines is 1. The van der Waals surface area contributed by atoms with Crippen molar-refractivity contribution in [3.05, 3.63) is 42.2 Å². The zero-order chi connectivity index (χ0) is 12.1. The lowest BCUT2D eigenvalue weighted by molar-refractivity contribution is 0.237. The minimum atomic E-state index is -0.347. The fraction of sp³-hybridized carbons (Fsp3) is 0.385. The van der Waals surface area contributed by atoms with Gasteiger partial charge in [-0.05, 0) is 25.5 Å². The van der Waals surface area contributed by atoms with E-state index in [2.05, 4.69) is 25.3 Å². The molecular formula is C13H19FN2. The first kappa shape index (κ1) is 12.7. The second-order valence-corrected chi connectivity index (χ2v) is 4.12. The van der Waals surface area contributed by atoms with Crippen molar-refractivity contribution in [2.24, 2.45) is 0 Å². The molecule has 16 heavy (non-hydrogen) atoms. The first-order chi connectivity index (χ1) is 7.56. The van der Waals surface area contributed by atoms with Crippen molar-refractivity contribution >= 4 is 5.69 Å². The van der Waals surface area contributed by atoms with E-state index in [-0.39, 0.29) is 11.5 Å². The number of hydrogen-bond acceptors (Lipinski definition) is 2. The van der Waals surface area contributed by atoms with Gasteiger partial charge in [0.1, 0.15) is 5.82 Å². The molecule has 1 rings (SSSR count). The van der Waals surface area contributed by atoms with Crippen LogP contribution >= 0.6 is 0 Å². The molecule has 0 spiro atoms. The zero-order valence-corrected chi connectivity index (χ0v) is 9.91. The summed E-state index contributed by atoms with van der Waals surface area (Å²) in [6.45, 7) is 9.33. The quantitative estimate of drug-likeness (QED) is 0.613. The highest BCUT2D eigenvalue weighted by Crippen LogP contribution is 2.18. The normalized spacial score (nSPS) is 11.1. The van der Waals surface area contributed by atoms with Gasteiger partial charge in [-0.15, -0.1) is 6.58 Å². The van der Waals surface area contributed by atoms with Crippen molar-refractivity contribution in [1.82, 2.24) is 4.90 Å². The van der Waals surface area contributed by atoms with Gasteiger partial charge in [0.2, 0.25) is 0 Å². The van der Waals surface area contributed by atoms with Crippen LogP contribution in [-0.4, -0.2) is 17.5 Å². The average molecular weight is 222 g/mol. The Morgan fingerprint density at radius 2 is 2.19 bits per heavy atom. The molecule has 0 atom stereocenters. The van der Waals surface area contributed by atoms with Crippen LogP contribution in [0.5, 0.6) is 0 Å². The molecule has 0 heterocycles. The van der Waals surface area contributed by atoms with Crippen molar-refractivity contribution < 1.29 is 4.39 Å². The van der Waals surface area contributed by atoms with E-state index in [0.29, 0.717) is 12.6 Å². The fourth-order valence-corrected chi connectivity index (χ4v) is 1.56.